The van der Waals surface area contributed by atoms with Gasteiger partial charge >= 0.3 is 0 Å². The molecule has 1 amide bonds. The van der Waals surface area contributed by atoms with Crippen LogP contribution >= 0.6 is 0 Å². The zero-order valence-electron chi connectivity index (χ0n) is 58.5. The van der Waals surface area contributed by atoms with Gasteiger partial charge in [-0.2, -0.15) is 0 Å². The van der Waals surface area contributed by atoms with Crippen LogP contribution in [0.15, 0.2) is 0 Å². The van der Waals surface area contributed by atoms with Crippen LogP contribution in [0.4, 0.5) is 0 Å². The molecule has 0 aromatic carbocycles. The standard InChI is InChI=1S/C77H153NO10/c1-3-5-7-9-11-13-15-17-19-21-23-25-27-29-31-33-35-37-39-41-43-45-47-49-51-53-55-57-59-61-63-65-70(81)76(86)78-68(67-87-77-75(85)74(84)73(83)71(66-79)88-77)72(82)69(80)64-62-60-58-56-54-52-50-48-46-44-42-40-38-36-34-32-30-28-26-24-22-20-18-16-14-12-10-8-6-4-2/h68-75,77,79-85H,3-67H2,1-2H3,(H,78,86). The molecule has 0 aromatic heterocycles. The van der Waals surface area contributed by atoms with Crippen molar-refractivity contribution in [2.45, 2.75) is 473 Å². The van der Waals surface area contributed by atoms with Crippen molar-refractivity contribution in [1.29, 1.82) is 0 Å². The summed E-state index contributed by atoms with van der Waals surface area (Å²) in [5.41, 5.74) is 0. The van der Waals surface area contributed by atoms with Crippen molar-refractivity contribution in [3.8, 4) is 0 Å². The van der Waals surface area contributed by atoms with Crippen molar-refractivity contribution in [2.75, 3.05) is 13.2 Å². The summed E-state index contributed by atoms with van der Waals surface area (Å²) in [4.78, 5) is 13.3. The lowest BCUT2D eigenvalue weighted by Gasteiger charge is -2.40. The zero-order valence-corrected chi connectivity index (χ0v) is 58.5. The van der Waals surface area contributed by atoms with Crippen LogP contribution in [0, 0.1) is 0 Å². The number of aliphatic hydroxyl groups is 7. The Labute approximate surface area is 545 Å². The van der Waals surface area contributed by atoms with E-state index < -0.39 is 74.2 Å². The first-order valence-corrected chi connectivity index (χ1v) is 39.4. The van der Waals surface area contributed by atoms with Gasteiger partial charge in [0.05, 0.1) is 25.4 Å². The molecule has 1 rings (SSSR count). The molecule has 1 aliphatic rings. The van der Waals surface area contributed by atoms with Gasteiger partial charge in [0.2, 0.25) is 5.91 Å². The third-order valence-electron chi connectivity index (χ3n) is 19.7. The number of nitrogens with one attached hydrogen (secondary N) is 1. The molecule has 11 nitrogen and oxygen atoms in total. The highest BCUT2D eigenvalue weighted by Gasteiger charge is 2.44. The largest absolute Gasteiger partial charge is 0.394 e. The lowest BCUT2D eigenvalue weighted by molar-refractivity contribution is -0.303. The third kappa shape index (κ3) is 52.5. The van der Waals surface area contributed by atoms with E-state index in [4.69, 9.17) is 9.47 Å². The SMILES string of the molecule is CCCCCCCCCCCCCCCCCCCCCCCCCCCCCCCCCC(O)C(=O)NC(COC1OC(CO)C(O)C(O)C1O)C(O)C(O)CCCCCCCCCCCCCCCCCCCCCCCCCCCCCCCC. The Hall–Kier alpha value is -0.890. The zero-order chi connectivity index (χ0) is 63.9. The fraction of sp³-hybridized carbons (Fsp3) is 0.987. The lowest BCUT2D eigenvalue weighted by Crippen LogP contribution is -2.60. The van der Waals surface area contributed by atoms with Crippen LogP contribution in [-0.4, -0.2) is 110 Å². The number of carbonyl (C=O) groups excluding carboxylic acids is 1. The first-order valence-electron chi connectivity index (χ1n) is 39.4. The monoisotopic (exact) mass is 1250 g/mol. The average molecular weight is 1250 g/mol. The van der Waals surface area contributed by atoms with Crippen molar-refractivity contribution in [3.05, 3.63) is 0 Å². The molecule has 88 heavy (non-hydrogen) atoms. The second-order valence-electron chi connectivity index (χ2n) is 28.2. The molecule has 0 aliphatic carbocycles. The summed E-state index contributed by atoms with van der Waals surface area (Å²) < 4.78 is 11.2. The van der Waals surface area contributed by atoms with Crippen LogP contribution in [0.25, 0.3) is 0 Å². The molecule has 0 saturated carbocycles. The smallest absolute Gasteiger partial charge is 0.249 e. The van der Waals surface area contributed by atoms with Gasteiger partial charge in [-0.1, -0.05) is 406 Å². The number of rotatable bonds is 71. The van der Waals surface area contributed by atoms with Gasteiger partial charge in [-0.15, -0.1) is 0 Å². The van der Waals surface area contributed by atoms with Gasteiger partial charge in [0, 0.05) is 0 Å². The van der Waals surface area contributed by atoms with E-state index in [1.807, 2.05) is 0 Å². The molecular weight excluding hydrogens is 1100 g/mol. The molecule has 1 heterocycles. The fourth-order valence-corrected chi connectivity index (χ4v) is 13.4. The molecule has 1 saturated heterocycles. The minimum Gasteiger partial charge on any atom is -0.394 e. The molecule has 1 fully saturated rings. The molecule has 0 aromatic rings. The highest BCUT2D eigenvalue weighted by molar-refractivity contribution is 5.80. The summed E-state index contributed by atoms with van der Waals surface area (Å²) in [7, 11) is 0. The summed E-state index contributed by atoms with van der Waals surface area (Å²) in [6.45, 7) is 3.54. The Bertz CT molecular complexity index is 1390. The van der Waals surface area contributed by atoms with Crippen LogP contribution in [0.3, 0.4) is 0 Å². The molecule has 0 radical (unpaired) electrons. The van der Waals surface area contributed by atoms with Gasteiger partial charge in [0.1, 0.15) is 36.6 Å². The summed E-state index contributed by atoms with van der Waals surface area (Å²) in [6.07, 6.45) is 70.7. The number of ether oxygens (including phenoxy) is 2. The summed E-state index contributed by atoms with van der Waals surface area (Å²) in [6, 6.07) is -1.17. The molecule has 526 valence electrons. The number of hydrogen-bond acceptors (Lipinski definition) is 10. The van der Waals surface area contributed by atoms with Gasteiger partial charge in [0.15, 0.2) is 6.29 Å². The van der Waals surface area contributed by atoms with Gasteiger partial charge < -0.3 is 50.5 Å². The van der Waals surface area contributed by atoms with Crippen LogP contribution in [0.5, 0.6) is 0 Å². The molecule has 0 spiro atoms. The normalized spacial score (nSPS) is 18.5. The fourth-order valence-electron chi connectivity index (χ4n) is 13.4. The first-order chi connectivity index (χ1) is 43.2. The molecular formula is C77H153NO10. The van der Waals surface area contributed by atoms with Crippen molar-refractivity contribution < 1.29 is 50.0 Å². The Morgan fingerprint density at radius 2 is 0.591 bits per heavy atom. The van der Waals surface area contributed by atoms with E-state index >= 15 is 0 Å². The number of carbonyl (C=O) groups is 1. The van der Waals surface area contributed by atoms with Gasteiger partial charge in [-0.3, -0.25) is 4.79 Å². The second kappa shape index (κ2) is 66.1. The summed E-state index contributed by atoms with van der Waals surface area (Å²) in [5, 5.41) is 76.7. The maximum absolute atomic E-state index is 13.3. The Balaban J connectivity index is 2.13. The maximum atomic E-state index is 13.3. The van der Waals surface area contributed by atoms with Gasteiger partial charge in [0.25, 0.3) is 0 Å². The Kier molecular flexibility index (Phi) is 64.0. The molecule has 11 heteroatoms. The van der Waals surface area contributed by atoms with Crippen molar-refractivity contribution in [2.24, 2.45) is 0 Å². The maximum Gasteiger partial charge on any atom is 0.249 e. The molecule has 0 bridgehead atoms. The van der Waals surface area contributed by atoms with Gasteiger partial charge in [-0.25, -0.2) is 0 Å². The number of aliphatic hydroxyl groups excluding tert-OH is 7. The molecule has 9 atom stereocenters. The number of unbranched alkanes of at least 4 members (excludes halogenated alkanes) is 59. The quantitative estimate of drug-likeness (QED) is 0.0272. The molecule has 8 N–H and O–H groups in total. The second-order valence-corrected chi connectivity index (χ2v) is 28.2. The molecule has 1 aliphatic heterocycles. The highest BCUT2D eigenvalue weighted by Crippen LogP contribution is 2.25. The van der Waals surface area contributed by atoms with E-state index in [2.05, 4.69) is 19.2 Å². The van der Waals surface area contributed by atoms with Crippen molar-refractivity contribution in [1.82, 2.24) is 5.32 Å². The van der Waals surface area contributed by atoms with Crippen molar-refractivity contribution >= 4 is 5.91 Å². The van der Waals surface area contributed by atoms with E-state index in [9.17, 15) is 40.5 Å². The number of amides is 1. The Morgan fingerprint density at radius 3 is 0.841 bits per heavy atom. The third-order valence-corrected chi connectivity index (χ3v) is 19.7. The van der Waals surface area contributed by atoms with Crippen LogP contribution in [0.1, 0.15) is 418 Å². The van der Waals surface area contributed by atoms with E-state index in [1.54, 1.807) is 0 Å². The van der Waals surface area contributed by atoms with E-state index in [0.29, 0.717) is 19.3 Å². The number of hydrogen-bond donors (Lipinski definition) is 8. The van der Waals surface area contributed by atoms with E-state index in [1.165, 1.54) is 340 Å². The highest BCUT2D eigenvalue weighted by atomic mass is 16.7. The minimum atomic E-state index is -1.66. The predicted octanol–water partition coefficient (Wildman–Crippen LogP) is 20.0. The predicted molar refractivity (Wildman–Crippen MR) is 372 cm³/mol. The van der Waals surface area contributed by atoms with Crippen LogP contribution in [-0.2, 0) is 14.3 Å². The van der Waals surface area contributed by atoms with Crippen LogP contribution in [0.2, 0.25) is 0 Å². The van der Waals surface area contributed by atoms with Crippen molar-refractivity contribution in [3.63, 3.8) is 0 Å². The Morgan fingerprint density at radius 1 is 0.352 bits per heavy atom. The topological polar surface area (TPSA) is 189 Å². The molecule has 9 unspecified atom stereocenters. The lowest BCUT2D eigenvalue weighted by atomic mass is 9.98. The summed E-state index contributed by atoms with van der Waals surface area (Å²) in [5.74, 6) is -0.685. The minimum absolute atomic E-state index is 0.268. The van der Waals surface area contributed by atoms with E-state index in [-0.39, 0.29) is 6.42 Å². The average Bonchev–Trinajstić information content (AvgIpc) is 3.63. The first kappa shape index (κ1) is 85.1. The van der Waals surface area contributed by atoms with Gasteiger partial charge in [-0.05, 0) is 12.8 Å². The van der Waals surface area contributed by atoms with E-state index in [0.717, 1.165) is 38.5 Å². The summed E-state index contributed by atoms with van der Waals surface area (Å²) >= 11 is 0. The van der Waals surface area contributed by atoms with Crippen LogP contribution < -0.4 is 5.32 Å².